The lowest BCUT2D eigenvalue weighted by molar-refractivity contribution is -0.143. The molecule has 2 heteroatoms. The summed E-state index contributed by atoms with van der Waals surface area (Å²) in [6.45, 7) is 12.3. The van der Waals surface area contributed by atoms with Crippen LogP contribution in [0.5, 0.6) is 0 Å². The molecule has 0 bridgehead atoms. The molecule has 0 aromatic carbocycles. The van der Waals surface area contributed by atoms with Crippen LogP contribution in [0.15, 0.2) is 23.3 Å². The molecule has 0 aromatic heterocycles. The molecule has 1 aliphatic carbocycles. The van der Waals surface area contributed by atoms with E-state index >= 15 is 0 Å². The average Bonchev–Trinajstić information content (AvgIpc) is 2.22. The van der Waals surface area contributed by atoms with Crippen LogP contribution < -0.4 is 0 Å². The first-order valence-electron chi connectivity index (χ1n) is 6.76. The van der Waals surface area contributed by atoms with Crippen LogP contribution >= 0.6 is 0 Å². The van der Waals surface area contributed by atoms with E-state index in [-0.39, 0.29) is 17.5 Å². The fourth-order valence-corrected chi connectivity index (χ4v) is 2.67. The summed E-state index contributed by atoms with van der Waals surface area (Å²) in [5, 5.41) is 0. The van der Waals surface area contributed by atoms with Crippen LogP contribution in [0.4, 0.5) is 0 Å². The van der Waals surface area contributed by atoms with Gasteiger partial charge in [0, 0.05) is 12.8 Å². The zero-order valence-corrected chi connectivity index (χ0v) is 12.5. The van der Waals surface area contributed by atoms with Crippen molar-refractivity contribution in [1.29, 1.82) is 0 Å². The minimum Gasteiger partial charge on any atom is -0.458 e. The van der Waals surface area contributed by atoms with Crippen molar-refractivity contribution in [2.45, 2.75) is 60.5 Å². The molecule has 0 N–H and O–H groups in total. The van der Waals surface area contributed by atoms with Gasteiger partial charge in [-0.1, -0.05) is 31.6 Å². The molecule has 1 aliphatic rings. The normalized spacial score (nSPS) is 25.3. The van der Waals surface area contributed by atoms with Crippen LogP contribution in [0, 0.1) is 11.3 Å². The highest BCUT2D eigenvalue weighted by Gasteiger charge is 2.31. The number of ether oxygens (including phenoxy) is 1. The van der Waals surface area contributed by atoms with E-state index in [0.29, 0.717) is 5.92 Å². The summed E-state index contributed by atoms with van der Waals surface area (Å²) in [5.74, 6) is 0.231. The maximum absolute atomic E-state index is 11.0. The molecule has 0 unspecified atom stereocenters. The number of allylic oxidation sites excluding steroid dienone is 3. The fraction of sp³-hybridized carbons (Fsp3) is 0.688. The van der Waals surface area contributed by atoms with Gasteiger partial charge < -0.3 is 4.74 Å². The summed E-state index contributed by atoms with van der Waals surface area (Å²) in [5.41, 5.74) is 2.86. The molecular weight excluding hydrogens is 224 g/mol. The third kappa shape index (κ3) is 3.72. The number of hydrogen-bond donors (Lipinski definition) is 0. The second kappa shape index (κ2) is 5.73. The molecule has 2 atom stereocenters. The molecule has 2 nitrogen and oxygen atoms in total. The zero-order valence-electron chi connectivity index (χ0n) is 12.5. The van der Waals surface area contributed by atoms with Gasteiger partial charge in [0.25, 0.3) is 0 Å². The Labute approximate surface area is 111 Å². The van der Waals surface area contributed by atoms with Crippen LogP contribution in [0.1, 0.15) is 54.4 Å². The van der Waals surface area contributed by atoms with Crippen molar-refractivity contribution in [1.82, 2.24) is 0 Å². The van der Waals surface area contributed by atoms with Crippen molar-refractivity contribution in [3.05, 3.63) is 23.3 Å². The Morgan fingerprint density at radius 1 is 1.50 bits per heavy atom. The van der Waals surface area contributed by atoms with Gasteiger partial charge in [-0.15, -0.1) is 0 Å². The monoisotopic (exact) mass is 250 g/mol. The predicted octanol–water partition coefficient (Wildman–Crippen LogP) is 4.27. The largest absolute Gasteiger partial charge is 0.458 e. The Morgan fingerprint density at radius 2 is 2.11 bits per heavy atom. The molecule has 0 amide bonds. The van der Waals surface area contributed by atoms with Gasteiger partial charge in [0.15, 0.2) is 0 Å². The molecule has 0 saturated carbocycles. The van der Waals surface area contributed by atoms with Crippen molar-refractivity contribution >= 4 is 5.97 Å². The van der Waals surface area contributed by atoms with Crippen molar-refractivity contribution < 1.29 is 9.53 Å². The SMILES string of the molecule is CC(=O)O[C@H](C)/C(C)=C/[C@H]1C(C)=CCCC1(C)C. The van der Waals surface area contributed by atoms with Crippen molar-refractivity contribution in [3.63, 3.8) is 0 Å². The van der Waals surface area contributed by atoms with E-state index in [1.54, 1.807) is 0 Å². The smallest absolute Gasteiger partial charge is 0.303 e. The number of esters is 1. The van der Waals surface area contributed by atoms with E-state index in [4.69, 9.17) is 4.74 Å². The van der Waals surface area contributed by atoms with Gasteiger partial charge in [-0.05, 0) is 44.6 Å². The van der Waals surface area contributed by atoms with Gasteiger partial charge in [0.2, 0.25) is 0 Å². The molecule has 1 rings (SSSR count). The molecule has 18 heavy (non-hydrogen) atoms. The third-order valence-corrected chi connectivity index (χ3v) is 4.00. The molecule has 0 heterocycles. The minimum absolute atomic E-state index is 0.131. The van der Waals surface area contributed by atoms with Gasteiger partial charge in [0.1, 0.15) is 6.10 Å². The molecule has 102 valence electrons. The summed E-state index contributed by atoms with van der Waals surface area (Å²) in [7, 11) is 0. The zero-order chi connectivity index (χ0) is 13.9. The summed E-state index contributed by atoms with van der Waals surface area (Å²) in [6.07, 6.45) is 6.85. The van der Waals surface area contributed by atoms with Gasteiger partial charge in [0.05, 0.1) is 0 Å². The van der Waals surface area contributed by atoms with Crippen LogP contribution in [-0.2, 0) is 9.53 Å². The van der Waals surface area contributed by atoms with Crippen LogP contribution in [0.2, 0.25) is 0 Å². The van der Waals surface area contributed by atoms with E-state index in [2.05, 4.69) is 32.9 Å². The molecule has 0 saturated heterocycles. The Kier molecular flexibility index (Phi) is 4.78. The first-order chi connectivity index (χ1) is 8.24. The van der Waals surface area contributed by atoms with Crippen LogP contribution in [0.3, 0.4) is 0 Å². The Hall–Kier alpha value is -1.05. The average molecular weight is 250 g/mol. The van der Waals surface area contributed by atoms with E-state index < -0.39 is 0 Å². The summed E-state index contributed by atoms with van der Waals surface area (Å²) < 4.78 is 5.23. The maximum atomic E-state index is 11.0. The summed E-state index contributed by atoms with van der Waals surface area (Å²) >= 11 is 0. The molecule has 0 aliphatic heterocycles. The molecule has 0 radical (unpaired) electrons. The number of carbonyl (C=O) groups is 1. The number of carbonyl (C=O) groups excluding carboxylic acids is 1. The lowest BCUT2D eigenvalue weighted by Crippen LogP contribution is -2.27. The standard InChI is InChI=1S/C16H26O2/c1-11-8-7-9-16(5,6)15(11)10-12(2)13(3)18-14(4)17/h8,10,13,15H,7,9H2,1-6H3/b12-10+/t13-,15+/m1/s1. The maximum Gasteiger partial charge on any atom is 0.303 e. The van der Waals surface area contributed by atoms with Gasteiger partial charge in [-0.3, -0.25) is 4.79 Å². The molecule has 0 spiro atoms. The number of hydrogen-bond acceptors (Lipinski definition) is 2. The third-order valence-electron chi connectivity index (χ3n) is 4.00. The molecular formula is C16H26O2. The van der Waals surface area contributed by atoms with E-state index in [0.717, 1.165) is 5.57 Å². The van der Waals surface area contributed by atoms with Gasteiger partial charge in [-0.25, -0.2) is 0 Å². The first kappa shape index (κ1) is 15.0. The van der Waals surface area contributed by atoms with Crippen molar-refractivity contribution in [2.24, 2.45) is 11.3 Å². The molecule has 0 fully saturated rings. The Bertz CT molecular complexity index is 375. The highest BCUT2D eigenvalue weighted by Crippen LogP contribution is 2.42. The van der Waals surface area contributed by atoms with E-state index in [1.165, 1.54) is 25.3 Å². The van der Waals surface area contributed by atoms with Gasteiger partial charge in [-0.2, -0.15) is 0 Å². The lowest BCUT2D eigenvalue weighted by atomic mass is 9.68. The van der Waals surface area contributed by atoms with Crippen molar-refractivity contribution in [3.8, 4) is 0 Å². The summed E-state index contributed by atoms with van der Waals surface area (Å²) in [6, 6.07) is 0. The van der Waals surface area contributed by atoms with Crippen molar-refractivity contribution in [2.75, 3.05) is 0 Å². The quantitative estimate of drug-likeness (QED) is 0.552. The second-order valence-electron chi connectivity index (χ2n) is 6.12. The second-order valence-corrected chi connectivity index (χ2v) is 6.12. The Morgan fingerprint density at radius 3 is 2.61 bits per heavy atom. The topological polar surface area (TPSA) is 26.3 Å². The van der Waals surface area contributed by atoms with E-state index in [1.807, 2.05) is 13.8 Å². The minimum atomic E-state index is -0.217. The number of rotatable bonds is 3. The van der Waals surface area contributed by atoms with Crippen LogP contribution in [0.25, 0.3) is 0 Å². The van der Waals surface area contributed by atoms with Crippen LogP contribution in [-0.4, -0.2) is 12.1 Å². The first-order valence-corrected chi connectivity index (χ1v) is 6.76. The fourth-order valence-electron chi connectivity index (χ4n) is 2.67. The van der Waals surface area contributed by atoms with E-state index in [9.17, 15) is 4.79 Å². The Balaban J connectivity index is 2.88. The highest BCUT2D eigenvalue weighted by molar-refractivity contribution is 5.66. The summed E-state index contributed by atoms with van der Waals surface area (Å²) in [4.78, 5) is 11.0. The van der Waals surface area contributed by atoms with Gasteiger partial charge >= 0.3 is 5.97 Å². The molecule has 0 aromatic rings. The highest BCUT2D eigenvalue weighted by atomic mass is 16.5. The lowest BCUT2D eigenvalue weighted by Gasteiger charge is -2.37. The predicted molar refractivity (Wildman–Crippen MR) is 75.2 cm³/mol.